The third kappa shape index (κ3) is 3.35. The van der Waals surface area contributed by atoms with E-state index in [1.807, 2.05) is 27.0 Å². The summed E-state index contributed by atoms with van der Waals surface area (Å²) >= 11 is 0. The van der Waals surface area contributed by atoms with Crippen LogP contribution in [0.25, 0.3) is 0 Å². The van der Waals surface area contributed by atoms with E-state index in [-0.39, 0.29) is 12.1 Å². The molecule has 1 fully saturated rings. The number of aromatic nitrogens is 2. The van der Waals surface area contributed by atoms with Crippen LogP contribution >= 0.6 is 0 Å². The molecule has 0 radical (unpaired) electrons. The molecule has 5 heteroatoms. The molecule has 1 aliphatic rings. The fourth-order valence-corrected chi connectivity index (χ4v) is 2.68. The molecule has 1 heterocycles. The Hall–Kier alpha value is -1.36. The van der Waals surface area contributed by atoms with Gasteiger partial charge in [-0.3, -0.25) is 0 Å². The zero-order valence-corrected chi connectivity index (χ0v) is 12.1. The molecule has 2 N–H and O–H groups in total. The summed E-state index contributed by atoms with van der Waals surface area (Å²) < 4.78 is 0. The molecule has 0 amide bonds. The van der Waals surface area contributed by atoms with E-state index in [2.05, 4.69) is 20.2 Å². The molecule has 2 rings (SSSR count). The molecular weight excluding hydrogens is 240 g/mol. The van der Waals surface area contributed by atoms with Crippen LogP contribution in [0.5, 0.6) is 0 Å². The Balaban J connectivity index is 2.19. The summed E-state index contributed by atoms with van der Waals surface area (Å²) in [5.74, 6) is 1.55. The van der Waals surface area contributed by atoms with Gasteiger partial charge in [-0.25, -0.2) is 4.98 Å². The van der Waals surface area contributed by atoms with Crippen LogP contribution in [0.3, 0.4) is 0 Å². The van der Waals surface area contributed by atoms with Gasteiger partial charge in [0.2, 0.25) is 5.95 Å². The monoisotopic (exact) mass is 264 g/mol. The minimum atomic E-state index is -0.253. The highest BCUT2D eigenvalue weighted by Gasteiger charge is 2.27. The van der Waals surface area contributed by atoms with Gasteiger partial charge < -0.3 is 15.3 Å². The normalized spacial score (nSPS) is 23.2. The van der Waals surface area contributed by atoms with Gasteiger partial charge in [0.15, 0.2) is 0 Å². The van der Waals surface area contributed by atoms with Crippen LogP contribution in [0.2, 0.25) is 0 Å². The van der Waals surface area contributed by atoms with Crippen molar-refractivity contribution in [3.63, 3.8) is 0 Å². The molecule has 19 heavy (non-hydrogen) atoms. The number of rotatable bonds is 4. The molecule has 106 valence electrons. The predicted molar refractivity (Wildman–Crippen MR) is 77.6 cm³/mol. The lowest BCUT2D eigenvalue weighted by atomic mass is 9.91. The Labute approximate surface area is 115 Å². The van der Waals surface area contributed by atoms with E-state index in [1.54, 1.807) is 0 Å². The maximum atomic E-state index is 10.1. The van der Waals surface area contributed by atoms with Crippen LogP contribution in [0.4, 0.5) is 11.8 Å². The minimum Gasteiger partial charge on any atom is -0.391 e. The van der Waals surface area contributed by atoms with E-state index in [0.29, 0.717) is 5.95 Å². The lowest BCUT2D eigenvalue weighted by Crippen LogP contribution is -2.43. The van der Waals surface area contributed by atoms with Crippen LogP contribution in [0, 0.1) is 6.92 Å². The lowest BCUT2D eigenvalue weighted by molar-refractivity contribution is 0.106. The van der Waals surface area contributed by atoms with Crippen molar-refractivity contribution in [2.75, 3.05) is 23.8 Å². The summed E-state index contributed by atoms with van der Waals surface area (Å²) in [6.07, 6.45) is 3.96. The maximum Gasteiger partial charge on any atom is 0.224 e. The van der Waals surface area contributed by atoms with Crippen molar-refractivity contribution in [2.24, 2.45) is 0 Å². The summed E-state index contributed by atoms with van der Waals surface area (Å²) in [4.78, 5) is 11.0. The van der Waals surface area contributed by atoms with Gasteiger partial charge in [0.05, 0.1) is 12.1 Å². The number of hydrogen-bond donors (Lipinski definition) is 2. The fourth-order valence-electron chi connectivity index (χ4n) is 2.68. The summed E-state index contributed by atoms with van der Waals surface area (Å²) in [6.45, 7) is 4.80. The van der Waals surface area contributed by atoms with Crippen molar-refractivity contribution in [3.05, 3.63) is 11.8 Å². The molecule has 0 saturated heterocycles. The van der Waals surface area contributed by atoms with E-state index < -0.39 is 0 Å². The fraction of sp³-hybridized carbons (Fsp3) is 0.714. The van der Waals surface area contributed by atoms with Gasteiger partial charge in [-0.2, -0.15) is 4.98 Å². The molecular formula is C14H24N4O. The average molecular weight is 264 g/mol. The van der Waals surface area contributed by atoms with Gasteiger partial charge in [0.1, 0.15) is 5.82 Å². The van der Waals surface area contributed by atoms with Crippen molar-refractivity contribution < 1.29 is 5.11 Å². The summed E-state index contributed by atoms with van der Waals surface area (Å²) in [6, 6.07) is 2.14. The average Bonchev–Trinajstić information content (AvgIpc) is 2.38. The zero-order valence-electron chi connectivity index (χ0n) is 12.1. The molecule has 0 aromatic carbocycles. The highest BCUT2D eigenvalue weighted by Crippen LogP contribution is 2.26. The highest BCUT2D eigenvalue weighted by atomic mass is 16.3. The number of aliphatic hydroxyl groups is 1. The number of aryl methyl sites for hydroxylation is 1. The SMILES string of the molecule is CCNc1nc(C)cc(N(C)C2CCCCC2O)n1. The van der Waals surface area contributed by atoms with Crippen LogP contribution in [0.1, 0.15) is 38.3 Å². The first-order valence-corrected chi connectivity index (χ1v) is 7.12. The largest absolute Gasteiger partial charge is 0.391 e. The quantitative estimate of drug-likeness (QED) is 0.870. The first-order chi connectivity index (χ1) is 9.11. The molecule has 1 aromatic heterocycles. The van der Waals surface area contributed by atoms with Crippen molar-refractivity contribution >= 4 is 11.8 Å². The van der Waals surface area contributed by atoms with E-state index in [1.165, 1.54) is 6.42 Å². The second-order valence-electron chi connectivity index (χ2n) is 5.25. The molecule has 2 unspecified atom stereocenters. The number of anilines is 2. The molecule has 1 aromatic rings. The molecule has 0 bridgehead atoms. The molecule has 1 saturated carbocycles. The third-order valence-corrected chi connectivity index (χ3v) is 3.73. The Morgan fingerprint density at radius 1 is 1.37 bits per heavy atom. The molecule has 0 aliphatic heterocycles. The Kier molecular flexibility index (Phi) is 4.58. The van der Waals surface area contributed by atoms with Gasteiger partial charge in [-0.05, 0) is 26.7 Å². The lowest BCUT2D eigenvalue weighted by Gasteiger charge is -2.36. The zero-order chi connectivity index (χ0) is 13.8. The number of likely N-dealkylation sites (N-methyl/N-ethyl adjacent to an activating group) is 1. The summed E-state index contributed by atoms with van der Waals surface area (Å²) in [7, 11) is 2.01. The Morgan fingerprint density at radius 3 is 2.79 bits per heavy atom. The number of nitrogens with zero attached hydrogens (tertiary/aromatic N) is 3. The number of aliphatic hydroxyl groups excluding tert-OH is 1. The maximum absolute atomic E-state index is 10.1. The first kappa shape index (κ1) is 14.1. The number of hydrogen-bond acceptors (Lipinski definition) is 5. The van der Waals surface area contributed by atoms with Crippen LogP contribution in [-0.2, 0) is 0 Å². The van der Waals surface area contributed by atoms with Gasteiger partial charge in [-0.1, -0.05) is 12.8 Å². The molecule has 1 aliphatic carbocycles. The van der Waals surface area contributed by atoms with E-state index in [0.717, 1.165) is 37.3 Å². The van der Waals surface area contributed by atoms with Crippen LogP contribution in [-0.4, -0.2) is 40.8 Å². The summed E-state index contributed by atoms with van der Waals surface area (Å²) in [5, 5.41) is 13.3. The van der Waals surface area contributed by atoms with E-state index >= 15 is 0 Å². The predicted octanol–water partition coefficient (Wildman–Crippen LogP) is 1.96. The van der Waals surface area contributed by atoms with Crippen molar-refractivity contribution in [2.45, 2.75) is 51.7 Å². The van der Waals surface area contributed by atoms with Gasteiger partial charge in [-0.15, -0.1) is 0 Å². The van der Waals surface area contributed by atoms with Crippen LogP contribution in [0.15, 0.2) is 6.07 Å². The van der Waals surface area contributed by atoms with Crippen molar-refractivity contribution in [1.29, 1.82) is 0 Å². The minimum absolute atomic E-state index is 0.164. The smallest absolute Gasteiger partial charge is 0.224 e. The first-order valence-electron chi connectivity index (χ1n) is 7.12. The standard InChI is InChI=1S/C14H24N4O/c1-4-15-14-16-10(2)9-13(17-14)18(3)11-7-5-6-8-12(11)19/h9,11-12,19H,4-8H2,1-3H3,(H,15,16,17). The number of nitrogens with one attached hydrogen (secondary N) is 1. The highest BCUT2D eigenvalue weighted by molar-refractivity contribution is 5.45. The van der Waals surface area contributed by atoms with Crippen molar-refractivity contribution in [1.82, 2.24) is 9.97 Å². The Morgan fingerprint density at radius 2 is 2.11 bits per heavy atom. The second kappa shape index (κ2) is 6.19. The van der Waals surface area contributed by atoms with Gasteiger partial charge in [0.25, 0.3) is 0 Å². The van der Waals surface area contributed by atoms with E-state index in [4.69, 9.17) is 0 Å². The molecule has 5 nitrogen and oxygen atoms in total. The summed E-state index contributed by atoms with van der Waals surface area (Å²) in [5.41, 5.74) is 0.943. The van der Waals surface area contributed by atoms with Crippen LogP contribution < -0.4 is 10.2 Å². The molecule has 0 spiro atoms. The molecule has 2 atom stereocenters. The Bertz CT molecular complexity index is 424. The van der Waals surface area contributed by atoms with E-state index in [9.17, 15) is 5.11 Å². The topological polar surface area (TPSA) is 61.3 Å². The van der Waals surface area contributed by atoms with Crippen molar-refractivity contribution in [3.8, 4) is 0 Å². The van der Waals surface area contributed by atoms with Gasteiger partial charge in [0, 0.05) is 25.4 Å². The second-order valence-corrected chi connectivity index (χ2v) is 5.25. The van der Waals surface area contributed by atoms with Gasteiger partial charge >= 0.3 is 0 Å². The third-order valence-electron chi connectivity index (χ3n) is 3.73.